The van der Waals surface area contributed by atoms with Crippen molar-refractivity contribution in [2.75, 3.05) is 38.7 Å². The molecule has 0 aromatic carbocycles. The number of ether oxygens (including phenoxy) is 1. The fourth-order valence-corrected chi connectivity index (χ4v) is 3.18. The number of nitrogens with zero attached hydrogens (tertiary/aromatic N) is 4. The van der Waals surface area contributed by atoms with Crippen LogP contribution in [0.1, 0.15) is 23.2 Å². The van der Waals surface area contributed by atoms with Crippen molar-refractivity contribution in [1.29, 1.82) is 0 Å². The Balaban J connectivity index is 1.56. The lowest BCUT2D eigenvalue weighted by Crippen LogP contribution is -2.41. The maximum absolute atomic E-state index is 12.7. The van der Waals surface area contributed by atoms with Gasteiger partial charge in [0.05, 0.1) is 18.5 Å². The summed E-state index contributed by atoms with van der Waals surface area (Å²) in [5, 5.41) is 3.15. The lowest BCUT2D eigenvalue weighted by Gasteiger charge is -2.33. The summed E-state index contributed by atoms with van der Waals surface area (Å²) in [4.78, 5) is 23.1. The molecule has 0 bridgehead atoms. The Morgan fingerprint density at radius 3 is 3.08 bits per heavy atom. The molecule has 0 unspecified atom stereocenters. The lowest BCUT2D eigenvalue weighted by atomic mass is 9.97. The van der Waals surface area contributed by atoms with E-state index >= 15 is 0 Å². The number of carbonyl (C=O) groups excluding carboxylic acids is 1. The Bertz CT molecular complexity index is 657. The van der Waals surface area contributed by atoms with Crippen molar-refractivity contribution in [3.8, 4) is 0 Å². The van der Waals surface area contributed by atoms with Crippen LogP contribution in [0.15, 0.2) is 37.1 Å². The van der Waals surface area contributed by atoms with E-state index in [0.29, 0.717) is 24.6 Å². The molecule has 134 valence electrons. The summed E-state index contributed by atoms with van der Waals surface area (Å²) in [6.45, 7) is 3.82. The van der Waals surface area contributed by atoms with Gasteiger partial charge in [-0.2, -0.15) is 0 Å². The van der Waals surface area contributed by atoms with Crippen LogP contribution >= 0.6 is 0 Å². The molecule has 0 saturated carbocycles. The topological polar surface area (TPSA) is 72.3 Å². The number of likely N-dealkylation sites (tertiary alicyclic amines) is 1. The van der Waals surface area contributed by atoms with Gasteiger partial charge in [0.1, 0.15) is 5.82 Å². The molecule has 1 saturated heterocycles. The summed E-state index contributed by atoms with van der Waals surface area (Å²) in [5.74, 6) is 1.28. The first-order chi connectivity index (χ1) is 12.3. The number of amides is 1. The average molecular weight is 343 g/mol. The zero-order chi connectivity index (χ0) is 17.5. The number of aromatic nitrogens is 3. The monoisotopic (exact) mass is 343 g/mol. The summed E-state index contributed by atoms with van der Waals surface area (Å²) in [7, 11) is 1.66. The average Bonchev–Trinajstić information content (AvgIpc) is 3.15. The summed E-state index contributed by atoms with van der Waals surface area (Å²) >= 11 is 0. The van der Waals surface area contributed by atoms with E-state index in [2.05, 4.69) is 19.9 Å². The van der Waals surface area contributed by atoms with Gasteiger partial charge in [-0.1, -0.05) is 0 Å². The van der Waals surface area contributed by atoms with Crippen LogP contribution in [-0.4, -0.2) is 58.7 Å². The van der Waals surface area contributed by atoms with E-state index in [9.17, 15) is 4.79 Å². The van der Waals surface area contributed by atoms with Crippen molar-refractivity contribution in [3.05, 3.63) is 42.6 Å². The number of pyridine rings is 1. The van der Waals surface area contributed by atoms with Gasteiger partial charge in [0, 0.05) is 51.9 Å². The minimum absolute atomic E-state index is 0.0614. The zero-order valence-corrected chi connectivity index (χ0v) is 14.6. The predicted molar refractivity (Wildman–Crippen MR) is 95.5 cm³/mol. The summed E-state index contributed by atoms with van der Waals surface area (Å²) in [6, 6.07) is 3.68. The van der Waals surface area contributed by atoms with E-state index in [-0.39, 0.29) is 5.91 Å². The molecule has 7 nitrogen and oxygen atoms in total. The molecule has 2 aromatic rings. The van der Waals surface area contributed by atoms with Gasteiger partial charge in [-0.25, -0.2) is 9.97 Å². The van der Waals surface area contributed by atoms with Gasteiger partial charge in [-0.15, -0.1) is 0 Å². The van der Waals surface area contributed by atoms with E-state index in [0.717, 1.165) is 38.3 Å². The fraction of sp³-hybridized carbons (Fsp3) is 0.500. The van der Waals surface area contributed by atoms with Crippen molar-refractivity contribution in [2.45, 2.75) is 19.4 Å². The fourth-order valence-electron chi connectivity index (χ4n) is 3.18. The minimum atomic E-state index is 0.0614. The number of hydrogen-bond donors (Lipinski definition) is 1. The standard InChI is InChI=1S/C18H25N5O2/c1-25-10-7-20-17-5-4-16(11-21-17)18(24)23-8-2-3-15(13-23)12-22-9-6-19-14-22/h4-6,9,11,14-15H,2-3,7-8,10,12-13H2,1H3,(H,20,21)/t15-/m0/s1. The molecule has 1 atom stereocenters. The van der Waals surface area contributed by atoms with Gasteiger partial charge in [-0.05, 0) is 30.9 Å². The molecule has 0 spiro atoms. The van der Waals surface area contributed by atoms with Crippen molar-refractivity contribution in [1.82, 2.24) is 19.4 Å². The maximum Gasteiger partial charge on any atom is 0.255 e. The second-order valence-electron chi connectivity index (χ2n) is 6.37. The van der Waals surface area contributed by atoms with E-state index in [1.807, 2.05) is 29.6 Å². The third kappa shape index (κ3) is 4.79. The van der Waals surface area contributed by atoms with Gasteiger partial charge in [-0.3, -0.25) is 4.79 Å². The molecule has 25 heavy (non-hydrogen) atoms. The summed E-state index contributed by atoms with van der Waals surface area (Å²) in [5.41, 5.74) is 0.639. The van der Waals surface area contributed by atoms with Gasteiger partial charge in [0.25, 0.3) is 5.91 Å². The predicted octanol–water partition coefficient (Wildman–Crippen LogP) is 1.89. The molecule has 3 heterocycles. The number of piperidine rings is 1. The molecule has 0 aliphatic carbocycles. The number of rotatable bonds is 7. The first-order valence-electron chi connectivity index (χ1n) is 8.70. The molecule has 1 aliphatic rings. The van der Waals surface area contributed by atoms with E-state index in [1.165, 1.54) is 0 Å². The number of anilines is 1. The molecular weight excluding hydrogens is 318 g/mol. The van der Waals surface area contributed by atoms with Crippen LogP contribution in [0.4, 0.5) is 5.82 Å². The molecule has 1 aliphatic heterocycles. The minimum Gasteiger partial charge on any atom is -0.383 e. The Morgan fingerprint density at radius 2 is 2.36 bits per heavy atom. The number of methoxy groups -OCH3 is 1. The van der Waals surface area contributed by atoms with Crippen molar-refractivity contribution < 1.29 is 9.53 Å². The second kappa shape index (κ2) is 8.62. The first kappa shape index (κ1) is 17.4. The molecule has 7 heteroatoms. The summed E-state index contributed by atoms with van der Waals surface area (Å²) in [6.07, 6.45) is 9.42. The number of nitrogens with one attached hydrogen (secondary N) is 1. The number of hydrogen-bond acceptors (Lipinski definition) is 5. The number of carbonyl (C=O) groups is 1. The van der Waals surface area contributed by atoms with Crippen molar-refractivity contribution >= 4 is 11.7 Å². The lowest BCUT2D eigenvalue weighted by molar-refractivity contribution is 0.0662. The Kier molecular flexibility index (Phi) is 6.00. The molecule has 1 fully saturated rings. The quantitative estimate of drug-likeness (QED) is 0.777. The highest BCUT2D eigenvalue weighted by Gasteiger charge is 2.24. The Labute approximate surface area is 148 Å². The second-order valence-corrected chi connectivity index (χ2v) is 6.37. The highest BCUT2D eigenvalue weighted by atomic mass is 16.5. The van der Waals surface area contributed by atoms with Crippen LogP contribution in [0.25, 0.3) is 0 Å². The molecule has 2 aromatic heterocycles. The largest absolute Gasteiger partial charge is 0.383 e. The summed E-state index contributed by atoms with van der Waals surface area (Å²) < 4.78 is 7.08. The van der Waals surface area contributed by atoms with E-state index in [1.54, 1.807) is 19.5 Å². The van der Waals surface area contributed by atoms with Crippen LogP contribution in [0.2, 0.25) is 0 Å². The molecule has 0 radical (unpaired) electrons. The molecule has 1 N–H and O–H groups in total. The Hall–Kier alpha value is -2.41. The SMILES string of the molecule is COCCNc1ccc(C(=O)N2CCC[C@@H](Cn3ccnc3)C2)cn1. The molecular formula is C18H25N5O2. The van der Waals surface area contributed by atoms with Gasteiger partial charge >= 0.3 is 0 Å². The normalized spacial score (nSPS) is 17.5. The Morgan fingerprint density at radius 1 is 1.44 bits per heavy atom. The van der Waals surface area contributed by atoms with Crippen molar-refractivity contribution in [2.24, 2.45) is 5.92 Å². The van der Waals surface area contributed by atoms with Crippen LogP contribution in [0.5, 0.6) is 0 Å². The highest BCUT2D eigenvalue weighted by molar-refractivity contribution is 5.94. The molecule has 1 amide bonds. The van der Waals surface area contributed by atoms with Crippen LogP contribution in [0.3, 0.4) is 0 Å². The first-order valence-corrected chi connectivity index (χ1v) is 8.70. The van der Waals surface area contributed by atoms with Gasteiger partial charge in [0.15, 0.2) is 0 Å². The zero-order valence-electron chi connectivity index (χ0n) is 14.6. The van der Waals surface area contributed by atoms with Crippen LogP contribution in [0, 0.1) is 5.92 Å². The molecule has 3 rings (SSSR count). The highest BCUT2D eigenvalue weighted by Crippen LogP contribution is 2.20. The third-order valence-corrected chi connectivity index (χ3v) is 4.46. The van der Waals surface area contributed by atoms with Gasteiger partial charge in [0.2, 0.25) is 0 Å². The van der Waals surface area contributed by atoms with Crippen molar-refractivity contribution in [3.63, 3.8) is 0 Å². The van der Waals surface area contributed by atoms with Crippen LogP contribution in [-0.2, 0) is 11.3 Å². The van der Waals surface area contributed by atoms with E-state index < -0.39 is 0 Å². The van der Waals surface area contributed by atoms with E-state index in [4.69, 9.17) is 4.74 Å². The van der Waals surface area contributed by atoms with Crippen LogP contribution < -0.4 is 5.32 Å². The smallest absolute Gasteiger partial charge is 0.255 e. The maximum atomic E-state index is 12.7. The number of imidazole rings is 1. The van der Waals surface area contributed by atoms with Gasteiger partial charge < -0.3 is 19.5 Å². The third-order valence-electron chi connectivity index (χ3n) is 4.46.